The first-order valence-corrected chi connectivity index (χ1v) is 12.9. The van der Waals surface area contributed by atoms with E-state index in [1.807, 2.05) is 6.07 Å². The number of hydrogen-bond donors (Lipinski definition) is 0. The molecule has 3 aromatic carbocycles. The number of hydrogen-bond acceptors (Lipinski definition) is 2. The van der Waals surface area contributed by atoms with Gasteiger partial charge in [-0.15, -0.1) is 0 Å². The van der Waals surface area contributed by atoms with Crippen LogP contribution in [0.25, 0.3) is 0 Å². The van der Waals surface area contributed by atoms with Crippen LogP contribution in [0.3, 0.4) is 0 Å². The molecule has 2 aliphatic rings. The van der Waals surface area contributed by atoms with E-state index in [2.05, 4.69) is 101 Å². The quantitative estimate of drug-likeness (QED) is 0.375. The van der Waals surface area contributed by atoms with Gasteiger partial charge in [0.15, 0.2) is 0 Å². The highest BCUT2D eigenvalue weighted by Gasteiger charge is 2.55. The van der Waals surface area contributed by atoms with Gasteiger partial charge in [0.1, 0.15) is 11.4 Å². The first-order valence-electron chi connectivity index (χ1n) is 12.5. The summed E-state index contributed by atoms with van der Waals surface area (Å²) in [5.41, 5.74) is 7.17. The number of fused-ring (bicyclic) bond motifs is 3. The second-order valence-corrected chi connectivity index (χ2v) is 12.1. The molecule has 0 saturated heterocycles. The normalized spacial score (nSPS) is 23.7. The largest absolute Gasteiger partial charge is 0.486 e. The molecule has 0 radical (unpaired) electrons. The lowest BCUT2D eigenvalue weighted by molar-refractivity contribution is 0.00740. The van der Waals surface area contributed by atoms with Crippen LogP contribution in [0.1, 0.15) is 77.0 Å². The highest BCUT2D eigenvalue weighted by Crippen LogP contribution is 2.57. The van der Waals surface area contributed by atoms with Crippen LogP contribution in [0.15, 0.2) is 60.7 Å². The molecule has 2 nitrogen and oxygen atoms in total. The summed E-state index contributed by atoms with van der Waals surface area (Å²) in [7, 11) is 0. The number of aryl methyl sites for hydroxylation is 1. The molecule has 1 fully saturated rings. The Balaban J connectivity index is 1.65. The number of ether oxygens (including phenoxy) is 1. The third-order valence-corrected chi connectivity index (χ3v) is 8.39. The zero-order valence-corrected chi connectivity index (χ0v) is 22.1. The van der Waals surface area contributed by atoms with Gasteiger partial charge in [-0.2, -0.15) is 0 Å². The highest BCUT2D eigenvalue weighted by molar-refractivity contribution is 6.31. The summed E-state index contributed by atoms with van der Waals surface area (Å²) < 4.78 is 6.60. The van der Waals surface area contributed by atoms with Gasteiger partial charge in [-0.05, 0) is 98.2 Å². The molecule has 1 aliphatic carbocycles. The third kappa shape index (κ3) is 3.81. The van der Waals surface area contributed by atoms with Crippen molar-refractivity contribution in [2.45, 2.75) is 83.7 Å². The van der Waals surface area contributed by atoms with Gasteiger partial charge >= 0.3 is 0 Å². The van der Waals surface area contributed by atoms with E-state index in [9.17, 15) is 0 Å². The Kier molecular flexibility index (Phi) is 5.52. The number of anilines is 3. The van der Waals surface area contributed by atoms with Crippen LogP contribution in [0.2, 0.25) is 5.02 Å². The van der Waals surface area contributed by atoms with Crippen molar-refractivity contribution >= 4 is 28.7 Å². The number of halogens is 1. The standard InChI is InChI=1S/C31H36ClNO/c1-21-17-23(32)19-26(18-21)33(24-11-9-22(10-12-24)29(2,3)4)25-13-14-28-27(20-25)30(5)15-7-8-16-31(30,6)34-28/h9-14,17-20H,7-8,15-16H2,1-6H3. The molecule has 5 rings (SSSR count). The maximum absolute atomic E-state index is 6.60. The highest BCUT2D eigenvalue weighted by atomic mass is 35.5. The maximum Gasteiger partial charge on any atom is 0.124 e. The molecule has 0 spiro atoms. The van der Waals surface area contributed by atoms with E-state index in [0.29, 0.717) is 0 Å². The molecule has 3 heteroatoms. The molecule has 0 aromatic heterocycles. The SMILES string of the molecule is Cc1cc(Cl)cc(N(c2ccc(C(C)(C)C)cc2)c2ccc3c(c2)C2(C)CCCCC2(C)O3)c1. The summed E-state index contributed by atoms with van der Waals surface area (Å²) in [5, 5.41) is 0.752. The fourth-order valence-electron chi connectivity index (χ4n) is 5.89. The Hall–Kier alpha value is -2.45. The van der Waals surface area contributed by atoms with Gasteiger partial charge in [0.25, 0.3) is 0 Å². The van der Waals surface area contributed by atoms with E-state index in [1.54, 1.807) is 0 Å². The minimum atomic E-state index is -0.127. The Bertz CT molecular complexity index is 1200. The fraction of sp³-hybridized carbons (Fsp3) is 0.419. The van der Waals surface area contributed by atoms with Gasteiger partial charge in [0, 0.05) is 33.1 Å². The zero-order valence-electron chi connectivity index (χ0n) is 21.3. The van der Waals surface area contributed by atoms with Crippen LogP contribution in [0.5, 0.6) is 5.75 Å². The first kappa shape index (κ1) is 23.3. The Labute approximate surface area is 209 Å². The average molecular weight is 474 g/mol. The van der Waals surface area contributed by atoms with Crippen molar-refractivity contribution in [3.05, 3.63) is 82.4 Å². The molecule has 2 atom stereocenters. The van der Waals surface area contributed by atoms with Gasteiger partial charge in [-0.3, -0.25) is 0 Å². The summed E-state index contributed by atoms with van der Waals surface area (Å²) in [6, 6.07) is 22.0. The molecule has 0 bridgehead atoms. The third-order valence-electron chi connectivity index (χ3n) is 8.18. The molecule has 178 valence electrons. The molecule has 1 heterocycles. The first-order chi connectivity index (χ1) is 16.0. The van der Waals surface area contributed by atoms with Gasteiger partial charge in [-0.1, -0.05) is 57.8 Å². The summed E-state index contributed by atoms with van der Waals surface area (Å²) in [6.45, 7) is 13.6. The van der Waals surface area contributed by atoms with Crippen LogP contribution in [0, 0.1) is 6.92 Å². The molecule has 0 amide bonds. The van der Waals surface area contributed by atoms with E-state index in [0.717, 1.165) is 46.2 Å². The molecule has 2 unspecified atom stereocenters. The number of benzene rings is 3. The molecular weight excluding hydrogens is 438 g/mol. The van der Waals surface area contributed by atoms with Crippen molar-refractivity contribution in [3.63, 3.8) is 0 Å². The topological polar surface area (TPSA) is 12.5 Å². The molecule has 1 aliphatic heterocycles. The summed E-state index contributed by atoms with van der Waals surface area (Å²) >= 11 is 6.53. The van der Waals surface area contributed by atoms with Gasteiger partial charge in [-0.25, -0.2) is 0 Å². The smallest absolute Gasteiger partial charge is 0.124 e. The van der Waals surface area contributed by atoms with Crippen molar-refractivity contribution in [1.29, 1.82) is 0 Å². The van der Waals surface area contributed by atoms with Crippen LogP contribution in [-0.2, 0) is 10.8 Å². The lowest BCUT2D eigenvalue weighted by atomic mass is 9.63. The predicted molar refractivity (Wildman–Crippen MR) is 144 cm³/mol. The van der Waals surface area contributed by atoms with Gasteiger partial charge in [0.2, 0.25) is 0 Å². The van der Waals surface area contributed by atoms with Crippen molar-refractivity contribution in [2.24, 2.45) is 0 Å². The number of rotatable bonds is 3. The van der Waals surface area contributed by atoms with E-state index in [-0.39, 0.29) is 16.4 Å². The van der Waals surface area contributed by atoms with Crippen LogP contribution in [-0.4, -0.2) is 5.60 Å². The van der Waals surface area contributed by atoms with Crippen molar-refractivity contribution in [1.82, 2.24) is 0 Å². The minimum absolute atomic E-state index is 0.0304. The second kappa shape index (κ2) is 8.05. The predicted octanol–water partition coefficient (Wildman–Crippen LogP) is 9.40. The second-order valence-electron chi connectivity index (χ2n) is 11.7. The lowest BCUT2D eigenvalue weighted by Crippen LogP contribution is -2.49. The summed E-state index contributed by atoms with van der Waals surface area (Å²) in [5.74, 6) is 1.04. The fourth-order valence-corrected chi connectivity index (χ4v) is 6.17. The maximum atomic E-state index is 6.60. The van der Waals surface area contributed by atoms with E-state index in [4.69, 9.17) is 16.3 Å². The minimum Gasteiger partial charge on any atom is -0.486 e. The van der Waals surface area contributed by atoms with Crippen LogP contribution in [0.4, 0.5) is 17.1 Å². The van der Waals surface area contributed by atoms with Crippen LogP contribution >= 0.6 is 11.6 Å². The molecular formula is C31H36ClNO. The lowest BCUT2D eigenvalue weighted by Gasteiger charge is -2.43. The number of nitrogens with zero attached hydrogens (tertiary/aromatic N) is 1. The zero-order chi connectivity index (χ0) is 24.3. The van der Waals surface area contributed by atoms with Crippen molar-refractivity contribution < 1.29 is 4.74 Å². The molecule has 1 saturated carbocycles. The average Bonchev–Trinajstić information content (AvgIpc) is 3.00. The Morgan fingerprint density at radius 2 is 1.50 bits per heavy atom. The molecule has 34 heavy (non-hydrogen) atoms. The molecule has 0 N–H and O–H groups in total. The molecule has 3 aromatic rings. The van der Waals surface area contributed by atoms with Crippen LogP contribution < -0.4 is 9.64 Å². The van der Waals surface area contributed by atoms with E-state index < -0.39 is 0 Å². The van der Waals surface area contributed by atoms with Gasteiger partial charge in [0.05, 0.1) is 0 Å². The summed E-state index contributed by atoms with van der Waals surface area (Å²) in [6.07, 6.45) is 4.76. The van der Waals surface area contributed by atoms with Gasteiger partial charge < -0.3 is 9.64 Å². The Morgan fingerprint density at radius 3 is 2.18 bits per heavy atom. The Morgan fingerprint density at radius 1 is 0.824 bits per heavy atom. The summed E-state index contributed by atoms with van der Waals surface area (Å²) in [4.78, 5) is 2.33. The van der Waals surface area contributed by atoms with Crippen molar-refractivity contribution in [2.75, 3.05) is 4.90 Å². The monoisotopic (exact) mass is 473 g/mol. The van der Waals surface area contributed by atoms with E-state index in [1.165, 1.54) is 24.0 Å². The van der Waals surface area contributed by atoms with E-state index >= 15 is 0 Å². The van der Waals surface area contributed by atoms with Crippen molar-refractivity contribution in [3.8, 4) is 5.75 Å².